The predicted molar refractivity (Wildman–Crippen MR) is 88.0 cm³/mol. The molecule has 0 bridgehead atoms. The van der Waals surface area contributed by atoms with E-state index in [9.17, 15) is 10.1 Å². The zero-order valence-electron chi connectivity index (χ0n) is 12.6. The van der Waals surface area contributed by atoms with Gasteiger partial charge in [0.15, 0.2) is 0 Å². The molecule has 1 N–H and O–H groups in total. The topological polar surface area (TPSA) is 64.4 Å². The van der Waals surface area contributed by atoms with E-state index in [1.54, 1.807) is 36.4 Å². The van der Waals surface area contributed by atoms with Crippen LogP contribution in [0.3, 0.4) is 0 Å². The fourth-order valence-corrected chi connectivity index (χ4v) is 2.01. The summed E-state index contributed by atoms with van der Waals surface area (Å²) in [4.78, 5) is 10.7. The molecule has 0 saturated heterocycles. The molecule has 2 rings (SSSR count). The van der Waals surface area contributed by atoms with E-state index in [0.717, 1.165) is 0 Å². The molecule has 0 radical (unpaired) electrons. The zero-order valence-corrected chi connectivity index (χ0v) is 13.3. The second-order valence-electron chi connectivity index (χ2n) is 5.87. The van der Waals surface area contributed by atoms with E-state index in [0.29, 0.717) is 22.2 Å². The van der Waals surface area contributed by atoms with Crippen LogP contribution in [0, 0.1) is 10.1 Å². The number of nitrogens with one attached hydrogen (secondary N) is 1. The Balaban J connectivity index is 2.31. The van der Waals surface area contributed by atoms with Crippen molar-refractivity contribution in [1.82, 2.24) is 0 Å². The molecule has 2 aromatic rings. The molecule has 22 heavy (non-hydrogen) atoms. The first-order valence-electron chi connectivity index (χ1n) is 6.75. The van der Waals surface area contributed by atoms with Crippen LogP contribution < -0.4 is 10.1 Å². The van der Waals surface area contributed by atoms with Crippen molar-refractivity contribution in [3.05, 3.63) is 57.6 Å². The molecular formula is C16H17ClN2O3. The van der Waals surface area contributed by atoms with Crippen LogP contribution in [0.2, 0.25) is 5.02 Å². The van der Waals surface area contributed by atoms with E-state index in [2.05, 4.69) is 5.32 Å². The molecule has 0 saturated carbocycles. The third kappa shape index (κ3) is 4.36. The molecule has 0 heterocycles. The number of nitro benzene ring substituents is 1. The third-order valence-corrected chi connectivity index (χ3v) is 2.98. The van der Waals surface area contributed by atoms with Crippen molar-refractivity contribution in [1.29, 1.82) is 0 Å². The Bertz CT molecular complexity index is 679. The van der Waals surface area contributed by atoms with Gasteiger partial charge in [-0.3, -0.25) is 10.1 Å². The Morgan fingerprint density at radius 3 is 2.23 bits per heavy atom. The standard InChI is InChI=1S/C16H17ClN2O3/c1-16(2,3)18-14-10-13(8-9-15(14)19(20)21)22-12-6-4-11(17)5-7-12/h4-10,18H,1-3H3. The van der Waals surface area contributed by atoms with E-state index in [1.807, 2.05) is 20.8 Å². The first kappa shape index (κ1) is 16.1. The van der Waals surface area contributed by atoms with Gasteiger partial charge in [0.05, 0.1) is 4.92 Å². The van der Waals surface area contributed by atoms with Crippen molar-refractivity contribution in [3.63, 3.8) is 0 Å². The summed E-state index contributed by atoms with van der Waals surface area (Å²) in [5.41, 5.74) is 0.131. The SMILES string of the molecule is CC(C)(C)Nc1cc(Oc2ccc(Cl)cc2)ccc1[N+](=O)[O-]. The van der Waals surface area contributed by atoms with E-state index in [-0.39, 0.29) is 11.2 Å². The van der Waals surface area contributed by atoms with Gasteiger partial charge in [0.2, 0.25) is 0 Å². The minimum Gasteiger partial charge on any atom is -0.457 e. The highest BCUT2D eigenvalue weighted by molar-refractivity contribution is 6.30. The molecule has 0 aliphatic heterocycles. The van der Waals surface area contributed by atoms with Crippen molar-refractivity contribution in [2.45, 2.75) is 26.3 Å². The van der Waals surface area contributed by atoms with Crippen molar-refractivity contribution >= 4 is 23.0 Å². The van der Waals surface area contributed by atoms with Gasteiger partial charge in [-0.05, 0) is 51.1 Å². The number of rotatable bonds is 4. The largest absolute Gasteiger partial charge is 0.457 e. The number of hydrogen-bond acceptors (Lipinski definition) is 4. The van der Waals surface area contributed by atoms with Crippen LogP contribution in [0.4, 0.5) is 11.4 Å². The number of nitro groups is 1. The summed E-state index contributed by atoms with van der Waals surface area (Å²) in [5, 5.41) is 14.9. The summed E-state index contributed by atoms with van der Waals surface area (Å²) in [6, 6.07) is 11.5. The van der Waals surface area contributed by atoms with Crippen LogP contribution in [0.1, 0.15) is 20.8 Å². The Hall–Kier alpha value is -2.27. The van der Waals surface area contributed by atoms with E-state index in [4.69, 9.17) is 16.3 Å². The Kier molecular flexibility index (Phi) is 4.56. The summed E-state index contributed by atoms with van der Waals surface area (Å²) in [6.45, 7) is 5.80. The first-order valence-corrected chi connectivity index (χ1v) is 7.12. The molecule has 0 unspecified atom stereocenters. The number of anilines is 1. The van der Waals surface area contributed by atoms with Crippen molar-refractivity contribution in [2.24, 2.45) is 0 Å². The smallest absolute Gasteiger partial charge is 0.292 e. The summed E-state index contributed by atoms with van der Waals surface area (Å²) >= 11 is 5.83. The van der Waals surface area contributed by atoms with Gasteiger partial charge < -0.3 is 10.1 Å². The third-order valence-electron chi connectivity index (χ3n) is 2.72. The highest BCUT2D eigenvalue weighted by Crippen LogP contribution is 2.33. The van der Waals surface area contributed by atoms with Crippen molar-refractivity contribution in [2.75, 3.05) is 5.32 Å². The average molecular weight is 321 g/mol. The van der Waals surface area contributed by atoms with Crippen LogP contribution in [-0.4, -0.2) is 10.5 Å². The lowest BCUT2D eigenvalue weighted by atomic mass is 10.1. The van der Waals surface area contributed by atoms with E-state index >= 15 is 0 Å². The molecule has 0 atom stereocenters. The molecule has 6 heteroatoms. The van der Waals surface area contributed by atoms with Crippen molar-refractivity contribution in [3.8, 4) is 11.5 Å². The highest BCUT2D eigenvalue weighted by atomic mass is 35.5. The lowest BCUT2D eigenvalue weighted by Gasteiger charge is -2.22. The normalized spacial score (nSPS) is 11.1. The maximum absolute atomic E-state index is 11.1. The van der Waals surface area contributed by atoms with Crippen LogP contribution in [-0.2, 0) is 0 Å². The number of ether oxygens (including phenoxy) is 1. The summed E-state index contributed by atoms with van der Waals surface area (Å²) in [5.74, 6) is 1.12. The predicted octanol–water partition coefficient (Wildman–Crippen LogP) is 5.25. The highest BCUT2D eigenvalue weighted by Gasteiger charge is 2.19. The number of hydrogen-bond donors (Lipinski definition) is 1. The van der Waals surface area contributed by atoms with Gasteiger partial charge in [-0.15, -0.1) is 0 Å². The van der Waals surface area contributed by atoms with Crippen LogP contribution >= 0.6 is 11.6 Å². The molecule has 116 valence electrons. The van der Waals surface area contributed by atoms with Gasteiger partial charge in [-0.2, -0.15) is 0 Å². The second kappa shape index (κ2) is 6.23. The molecule has 0 aromatic heterocycles. The molecule has 5 nitrogen and oxygen atoms in total. The lowest BCUT2D eigenvalue weighted by Crippen LogP contribution is -2.26. The van der Waals surface area contributed by atoms with E-state index < -0.39 is 4.92 Å². The number of halogens is 1. The fourth-order valence-electron chi connectivity index (χ4n) is 1.88. The Morgan fingerprint density at radius 2 is 1.68 bits per heavy atom. The first-order chi connectivity index (χ1) is 10.2. The van der Waals surface area contributed by atoms with Crippen LogP contribution in [0.25, 0.3) is 0 Å². The molecular weight excluding hydrogens is 304 g/mol. The minimum absolute atomic E-state index is 0.0124. The van der Waals surface area contributed by atoms with Gasteiger partial charge in [0, 0.05) is 22.7 Å². The molecule has 0 aliphatic rings. The van der Waals surface area contributed by atoms with Crippen molar-refractivity contribution < 1.29 is 9.66 Å². The monoisotopic (exact) mass is 320 g/mol. The Morgan fingerprint density at radius 1 is 1.09 bits per heavy atom. The minimum atomic E-state index is -0.417. The molecule has 0 fully saturated rings. The van der Waals surface area contributed by atoms with Gasteiger partial charge >= 0.3 is 0 Å². The van der Waals surface area contributed by atoms with Gasteiger partial charge in [-0.1, -0.05) is 11.6 Å². The summed E-state index contributed by atoms with van der Waals surface area (Å²) < 4.78 is 5.70. The van der Waals surface area contributed by atoms with Gasteiger partial charge in [0.25, 0.3) is 5.69 Å². The molecule has 0 aliphatic carbocycles. The molecule has 2 aromatic carbocycles. The lowest BCUT2D eigenvalue weighted by molar-refractivity contribution is -0.384. The molecule has 0 spiro atoms. The molecule has 0 amide bonds. The zero-order chi connectivity index (χ0) is 16.3. The van der Waals surface area contributed by atoms with Gasteiger partial charge in [0.1, 0.15) is 17.2 Å². The average Bonchev–Trinajstić information content (AvgIpc) is 2.39. The van der Waals surface area contributed by atoms with E-state index in [1.165, 1.54) is 6.07 Å². The van der Waals surface area contributed by atoms with Gasteiger partial charge in [-0.25, -0.2) is 0 Å². The summed E-state index contributed by atoms with van der Waals surface area (Å²) in [6.07, 6.45) is 0. The number of nitrogens with zero attached hydrogens (tertiary/aromatic N) is 1. The quantitative estimate of drug-likeness (QED) is 0.617. The van der Waals surface area contributed by atoms with Crippen LogP contribution in [0.15, 0.2) is 42.5 Å². The summed E-state index contributed by atoms with van der Waals surface area (Å²) in [7, 11) is 0. The second-order valence-corrected chi connectivity index (χ2v) is 6.30. The maximum atomic E-state index is 11.1. The fraction of sp³-hybridized carbons (Fsp3) is 0.250. The Labute approximate surface area is 134 Å². The van der Waals surface area contributed by atoms with Crippen LogP contribution in [0.5, 0.6) is 11.5 Å². The number of benzene rings is 2. The maximum Gasteiger partial charge on any atom is 0.292 e.